The number of hydrogen-bond acceptors (Lipinski definition) is 3. The summed E-state index contributed by atoms with van der Waals surface area (Å²) in [6.07, 6.45) is 6.60. The Morgan fingerprint density at radius 1 is 1.14 bits per heavy atom. The van der Waals surface area contributed by atoms with Crippen molar-refractivity contribution in [3.05, 3.63) is 0 Å². The molecule has 6 nitrogen and oxygen atoms in total. The number of nitrogens with zero attached hydrogens (tertiary/aromatic N) is 1. The van der Waals surface area contributed by atoms with Crippen molar-refractivity contribution in [3.63, 3.8) is 0 Å². The lowest BCUT2D eigenvalue weighted by Crippen LogP contribution is -2.49. The molecular formula is C16H27N3O3. The molecule has 2 N–H and O–H groups in total. The van der Waals surface area contributed by atoms with Crippen molar-refractivity contribution in [2.45, 2.75) is 76.8 Å². The van der Waals surface area contributed by atoms with Gasteiger partial charge in [0.1, 0.15) is 12.1 Å². The molecule has 1 aliphatic heterocycles. The molecule has 4 amide bonds. The van der Waals surface area contributed by atoms with Gasteiger partial charge in [-0.3, -0.25) is 14.5 Å². The van der Waals surface area contributed by atoms with Gasteiger partial charge in [-0.15, -0.1) is 0 Å². The number of hydrogen-bond donors (Lipinski definition) is 2. The van der Waals surface area contributed by atoms with Crippen LogP contribution in [-0.4, -0.2) is 40.4 Å². The fourth-order valence-electron chi connectivity index (χ4n) is 3.27. The van der Waals surface area contributed by atoms with Gasteiger partial charge in [0.05, 0.1) is 0 Å². The third-order valence-corrected chi connectivity index (χ3v) is 4.27. The van der Waals surface area contributed by atoms with Crippen LogP contribution in [-0.2, 0) is 9.59 Å². The second-order valence-electron chi connectivity index (χ2n) is 7.47. The molecule has 0 aromatic carbocycles. The first-order valence-corrected chi connectivity index (χ1v) is 8.19. The van der Waals surface area contributed by atoms with Crippen molar-refractivity contribution in [1.29, 1.82) is 0 Å². The molecule has 0 radical (unpaired) electrons. The maximum absolute atomic E-state index is 12.7. The molecule has 0 aromatic rings. The maximum Gasteiger partial charge on any atom is 0.325 e. The molecule has 0 atom stereocenters. The number of carbonyl (C=O) groups excluding carboxylic acids is 3. The highest BCUT2D eigenvalue weighted by atomic mass is 16.2. The third kappa shape index (κ3) is 3.78. The number of rotatable bonds is 2. The zero-order chi connectivity index (χ0) is 16.4. The Morgan fingerprint density at radius 3 is 2.23 bits per heavy atom. The van der Waals surface area contributed by atoms with Crippen LogP contribution < -0.4 is 10.6 Å². The first kappa shape index (κ1) is 16.8. The van der Waals surface area contributed by atoms with E-state index in [0.717, 1.165) is 30.6 Å². The standard InChI is InChI=1S/C16H27N3O3/c1-15(2,3)17-12(20)11-19-13(21)16(18-14(19)22)9-7-5-4-6-8-10-16/h4-11H2,1-3H3,(H,17,20)(H,18,22). The van der Waals surface area contributed by atoms with Crippen molar-refractivity contribution in [2.75, 3.05) is 6.54 Å². The Morgan fingerprint density at radius 2 is 1.68 bits per heavy atom. The summed E-state index contributed by atoms with van der Waals surface area (Å²) in [6, 6.07) is -0.436. The second-order valence-corrected chi connectivity index (χ2v) is 7.47. The van der Waals surface area contributed by atoms with Crippen LogP contribution in [0.5, 0.6) is 0 Å². The highest BCUT2D eigenvalue weighted by molar-refractivity contribution is 6.09. The Balaban J connectivity index is 2.06. The van der Waals surface area contributed by atoms with E-state index >= 15 is 0 Å². The predicted molar refractivity (Wildman–Crippen MR) is 83.2 cm³/mol. The highest BCUT2D eigenvalue weighted by Crippen LogP contribution is 2.31. The van der Waals surface area contributed by atoms with Crippen LogP contribution in [0.15, 0.2) is 0 Å². The Labute approximate surface area is 132 Å². The Kier molecular flexibility index (Phi) is 4.78. The van der Waals surface area contributed by atoms with Gasteiger partial charge in [0, 0.05) is 5.54 Å². The van der Waals surface area contributed by atoms with E-state index in [1.165, 1.54) is 6.42 Å². The molecule has 1 saturated carbocycles. The van der Waals surface area contributed by atoms with Gasteiger partial charge in [-0.25, -0.2) is 4.79 Å². The molecular weight excluding hydrogens is 282 g/mol. The second kappa shape index (κ2) is 6.26. The summed E-state index contributed by atoms with van der Waals surface area (Å²) in [6.45, 7) is 5.40. The van der Waals surface area contributed by atoms with Crippen LogP contribution in [0.2, 0.25) is 0 Å². The predicted octanol–water partition coefficient (Wildman–Crippen LogP) is 1.94. The quantitative estimate of drug-likeness (QED) is 0.765. The van der Waals surface area contributed by atoms with Crippen LogP contribution in [0.25, 0.3) is 0 Å². The molecule has 124 valence electrons. The van der Waals surface area contributed by atoms with Crippen LogP contribution in [0, 0.1) is 0 Å². The topological polar surface area (TPSA) is 78.5 Å². The smallest absolute Gasteiger partial charge is 0.325 e. The van der Waals surface area contributed by atoms with Gasteiger partial charge in [-0.1, -0.05) is 32.1 Å². The van der Waals surface area contributed by atoms with E-state index in [1.807, 2.05) is 20.8 Å². The summed E-state index contributed by atoms with van der Waals surface area (Å²) < 4.78 is 0. The fourth-order valence-corrected chi connectivity index (χ4v) is 3.27. The average molecular weight is 309 g/mol. The monoisotopic (exact) mass is 309 g/mol. The molecule has 2 aliphatic rings. The number of nitrogens with one attached hydrogen (secondary N) is 2. The number of imide groups is 1. The summed E-state index contributed by atoms with van der Waals surface area (Å²) in [5.41, 5.74) is -1.16. The molecule has 22 heavy (non-hydrogen) atoms. The molecule has 0 bridgehead atoms. The summed E-state index contributed by atoms with van der Waals surface area (Å²) in [5, 5.41) is 5.65. The van der Waals surface area contributed by atoms with Gasteiger partial charge >= 0.3 is 6.03 Å². The molecule has 1 aliphatic carbocycles. The highest BCUT2D eigenvalue weighted by Gasteiger charge is 2.50. The van der Waals surface area contributed by atoms with Crippen molar-refractivity contribution in [3.8, 4) is 0 Å². The van der Waals surface area contributed by atoms with E-state index in [-0.39, 0.29) is 23.9 Å². The van der Waals surface area contributed by atoms with E-state index in [4.69, 9.17) is 0 Å². The summed E-state index contributed by atoms with van der Waals surface area (Å²) in [5.74, 6) is -0.539. The minimum Gasteiger partial charge on any atom is -0.350 e. The van der Waals surface area contributed by atoms with Gasteiger partial charge in [-0.2, -0.15) is 0 Å². The van der Waals surface area contributed by atoms with Crippen molar-refractivity contribution in [1.82, 2.24) is 15.5 Å². The molecule has 2 fully saturated rings. The van der Waals surface area contributed by atoms with Crippen LogP contribution in [0.3, 0.4) is 0 Å². The summed E-state index contributed by atoms with van der Waals surface area (Å²) in [7, 11) is 0. The van der Waals surface area contributed by atoms with Crippen molar-refractivity contribution < 1.29 is 14.4 Å². The molecule has 0 unspecified atom stereocenters. The molecule has 0 aromatic heterocycles. The maximum atomic E-state index is 12.7. The molecule has 6 heteroatoms. The fraction of sp³-hybridized carbons (Fsp3) is 0.812. The van der Waals surface area contributed by atoms with E-state index in [1.54, 1.807) is 0 Å². The van der Waals surface area contributed by atoms with Crippen LogP contribution in [0.1, 0.15) is 65.7 Å². The lowest BCUT2D eigenvalue weighted by Gasteiger charge is -2.28. The van der Waals surface area contributed by atoms with Crippen LogP contribution in [0.4, 0.5) is 4.79 Å². The zero-order valence-corrected chi connectivity index (χ0v) is 13.8. The zero-order valence-electron chi connectivity index (χ0n) is 13.8. The summed E-state index contributed by atoms with van der Waals surface area (Å²) >= 11 is 0. The average Bonchev–Trinajstić information content (AvgIpc) is 2.57. The van der Waals surface area contributed by atoms with E-state index in [2.05, 4.69) is 10.6 Å². The van der Waals surface area contributed by atoms with Crippen molar-refractivity contribution in [2.24, 2.45) is 0 Å². The molecule has 1 saturated heterocycles. The van der Waals surface area contributed by atoms with E-state index < -0.39 is 11.6 Å². The lowest BCUT2D eigenvalue weighted by molar-refractivity contribution is -0.136. The van der Waals surface area contributed by atoms with Gasteiger partial charge < -0.3 is 10.6 Å². The van der Waals surface area contributed by atoms with Gasteiger partial charge in [-0.05, 0) is 33.6 Å². The normalized spacial score (nSPS) is 22.2. The van der Waals surface area contributed by atoms with Crippen LogP contribution >= 0.6 is 0 Å². The third-order valence-electron chi connectivity index (χ3n) is 4.27. The van der Waals surface area contributed by atoms with E-state index in [0.29, 0.717) is 12.8 Å². The number of carbonyl (C=O) groups is 3. The minimum atomic E-state index is -0.778. The largest absolute Gasteiger partial charge is 0.350 e. The SMILES string of the molecule is CC(C)(C)NC(=O)CN1C(=O)NC2(CCCCCCC2)C1=O. The Bertz CT molecular complexity index is 460. The molecule has 1 spiro atoms. The molecule has 1 heterocycles. The van der Waals surface area contributed by atoms with Crippen molar-refractivity contribution >= 4 is 17.8 Å². The minimum absolute atomic E-state index is 0.205. The van der Waals surface area contributed by atoms with E-state index in [9.17, 15) is 14.4 Å². The first-order valence-electron chi connectivity index (χ1n) is 8.19. The number of amides is 4. The Hall–Kier alpha value is -1.59. The van der Waals surface area contributed by atoms with Gasteiger partial charge in [0.2, 0.25) is 5.91 Å². The number of urea groups is 1. The molecule has 2 rings (SSSR count). The summed E-state index contributed by atoms with van der Waals surface area (Å²) in [4.78, 5) is 38.0. The van der Waals surface area contributed by atoms with Gasteiger partial charge in [0.15, 0.2) is 0 Å². The lowest BCUT2D eigenvalue weighted by atomic mass is 9.84. The van der Waals surface area contributed by atoms with Gasteiger partial charge in [0.25, 0.3) is 5.91 Å². The first-order chi connectivity index (χ1) is 10.2.